The van der Waals surface area contributed by atoms with E-state index in [0.29, 0.717) is 29.3 Å². The van der Waals surface area contributed by atoms with Gasteiger partial charge in [-0.25, -0.2) is 0 Å². The van der Waals surface area contributed by atoms with Gasteiger partial charge in [-0.15, -0.1) is 0 Å². The highest BCUT2D eigenvalue weighted by atomic mass is 32.1. The number of aryl methyl sites for hydroxylation is 1. The van der Waals surface area contributed by atoms with Gasteiger partial charge >= 0.3 is 0 Å². The van der Waals surface area contributed by atoms with Crippen LogP contribution >= 0.6 is 12.2 Å². The van der Waals surface area contributed by atoms with Crippen molar-refractivity contribution < 1.29 is 9.53 Å². The molecule has 0 aromatic carbocycles. The van der Waals surface area contributed by atoms with Gasteiger partial charge < -0.3 is 19.6 Å². The number of nitrogens with zero attached hydrogens (tertiary/aromatic N) is 2. The summed E-state index contributed by atoms with van der Waals surface area (Å²) in [6, 6.07) is 3.77. The first-order valence-electron chi connectivity index (χ1n) is 6.44. The van der Waals surface area contributed by atoms with Gasteiger partial charge in [-0.1, -0.05) is 0 Å². The number of hydrogen-bond donors (Lipinski definition) is 2. The second kappa shape index (κ2) is 6.04. The lowest BCUT2D eigenvalue weighted by Gasteiger charge is -2.09. The van der Waals surface area contributed by atoms with E-state index >= 15 is 0 Å². The van der Waals surface area contributed by atoms with Crippen molar-refractivity contribution in [3.8, 4) is 5.88 Å². The van der Waals surface area contributed by atoms with Crippen molar-refractivity contribution in [1.82, 2.24) is 19.9 Å². The fourth-order valence-corrected chi connectivity index (χ4v) is 2.23. The van der Waals surface area contributed by atoms with Crippen molar-refractivity contribution in [2.45, 2.75) is 32.9 Å². The number of carbonyl (C=O) groups is 1. The minimum atomic E-state index is -0.000791. The van der Waals surface area contributed by atoms with Gasteiger partial charge in [0.25, 0.3) is 0 Å². The second-order valence-electron chi connectivity index (χ2n) is 4.78. The van der Waals surface area contributed by atoms with E-state index in [1.807, 2.05) is 24.5 Å². The van der Waals surface area contributed by atoms with E-state index in [9.17, 15) is 4.79 Å². The number of pyridine rings is 1. The van der Waals surface area contributed by atoms with Crippen molar-refractivity contribution in [3.05, 3.63) is 16.9 Å². The zero-order chi connectivity index (χ0) is 14.7. The SMILES string of the molecule is COc1ccc2[nH]c(=S)n(CCC(=O)NC(C)C)c2n1. The molecule has 2 aromatic heterocycles. The second-order valence-corrected chi connectivity index (χ2v) is 5.17. The number of carbonyl (C=O) groups excluding carboxylic acids is 1. The van der Waals surface area contributed by atoms with Gasteiger partial charge in [-0.05, 0) is 32.1 Å². The fraction of sp³-hybridized carbons (Fsp3) is 0.462. The van der Waals surface area contributed by atoms with E-state index in [-0.39, 0.29) is 11.9 Å². The predicted molar refractivity (Wildman–Crippen MR) is 79.4 cm³/mol. The van der Waals surface area contributed by atoms with Crippen LogP contribution in [-0.4, -0.2) is 33.6 Å². The Labute approximate surface area is 122 Å². The molecule has 0 radical (unpaired) electrons. The summed E-state index contributed by atoms with van der Waals surface area (Å²) < 4.78 is 7.48. The number of fused-ring (bicyclic) bond motifs is 1. The van der Waals surface area contributed by atoms with Crippen molar-refractivity contribution in [2.75, 3.05) is 7.11 Å². The number of ether oxygens (including phenoxy) is 1. The first-order valence-corrected chi connectivity index (χ1v) is 6.85. The van der Waals surface area contributed by atoms with E-state index < -0.39 is 0 Å². The lowest BCUT2D eigenvalue weighted by Crippen LogP contribution is -2.30. The van der Waals surface area contributed by atoms with Crippen LogP contribution in [0, 0.1) is 4.77 Å². The minimum absolute atomic E-state index is 0.000791. The maximum Gasteiger partial charge on any atom is 0.221 e. The third-order valence-corrected chi connectivity index (χ3v) is 3.14. The molecule has 0 bridgehead atoms. The van der Waals surface area contributed by atoms with Crippen LogP contribution in [0.4, 0.5) is 0 Å². The lowest BCUT2D eigenvalue weighted by molar-refractivity contribution is -0.121. The van der Waals surface area contributed by atoms with Crippen LogP contribution in [-0.2, 0) is 11.3 Å². The fourth-order valence-electron chi connectivity index (χ4n) is 1.94. The summed E-state index contributed by atoms with van der Waals surface area (Å²) in [4.78, 5) is 19.1. The summed E-state index contributed by atoms with van der Waals surface area (Å²) in [5.41, 5.74) is 1.53. The lowest BCUT2D eigenvalue weighted by atomic mass is 10.3. The molecule has 0 atom stereocenters. The molecule has 6 nitrogen and oxygen atoms in total. The number of methoxy groups -OCH3 is 1. The van der Waals surface area contributed by atoms with Crippen molar-refractivity contribution in [1.29, 1.82) is 0 Å². The summed E-state index contributed by atoms with van der Waals surface area (Å²) in [5.74, 6) is 0.519. The van der Waals surface area contributed by atoms with Crippen molar-refractivity contribution in [2.24, 2.45) is 0 Å². The quantitative estimate of drug-likeness (QED) is 0.828. The number of rotatable bonds is 5. The zero-order valence-corrected chi connectivity index (χ0v) is 12.6. The molecule has 0 aliphatic rings. The number of H-pyrrole nitrogens is 1. The Balaban J connectivity index is 2.23. The summed E-state index contributed by atoms with van der Waals surface area (Å²) >= 11 is 5.27. The summed E-state index contributed by atoms with van der Waals surface area (Å²) in [7, 11) is 1.57. The van der Waals surface area contributed by atoms with Crippen LogP contribution in [0.15, 0.2) is 12.1 Å². The molecule has 2 heterocycles. The molecule has 2 N–H and O–H groups in total. The number of aromatic amines is 1. The summed E-state index contributed by atoms with van der Waals surface area (Å²) in [5, 5.41) is 2.85. The first-order chi connectivity index (χ1) is 9.51. The average molecular weight is 294 g/mol. The van der Waals surface area contributed by atoms with E-state index in [4.69, 9.17) is 17.0 Å². The van der Waals surface area contributed by atoms with Crippen LogP contribution in [0.3, 0.4) is 0 Å². The highest BCUT2D eigenvalue weighted by Gasteiger charge is 2.10. The van der Waals surface area contributed by atoms with Gasteiger partial charge in [-0.2, -0.15) is 4.98 Å². The van der Waals surface area contributed by atoms with Crippen LogP contribution in [0.2, 0.25) is 0 Å². The Morgan fingerprint density at radius 1 is 1.55 bits per heavy atom. The summed E-state index contributed by atoms with van der Waals surface area (Å²) in [6.07, 6.45) is 0.359. The molecule has 0 unspecified atom stereocenters. The van der Waals surface area contributed by atoms with Gasteiger partial charge in [0.15, 0.2) is 10.4 Å². The Hall–Kier alpha value is -1.89. The van der Waals surface area contributed by atoms with Crippen molar-refractivity contribution >= 4 is 29.3 Å². The molecule has 20 heavy (non-hydrogen) atoms. The highest BCUT2D eigenvalue weighted by molar-refractivity contribution is 7.71. The number of amides is 1. The molecule has 108 valence electrons. The molecule has 0 fully saturated rings. The minimum Gasteiger partial charge on any atom is -0.481 e. The maximum atomic E-state index is 11.7. The standard InChI is InChI=1S/C13H18N4O2S/c1-8(2)14-10(18)6-7-17-12-9(15-13(17)20)4-5-11(16-12)19-3/h4-5,8H,6-7H2,1-3H3,(H,14,18)(H,15,20). The van der Waals surface area contributed by atoms with Gasteiger partial charge in [0.2, 0.25) is 11.8 Å². The molecule has 7 heteroatoms. The molecule has 0 saturated carbocycles. The predicted octanol–water partition coefficient (Wildman–Crippen LogP) is 2.02. The molecule has 0 aliphatic carbocycles. The van der Waals surface area contributed by atoms with Crippen LogP contribution < -0.4 is 10.1 Å². The van der Waals surface area contributed by atoms with Gasteiger partial charge in [0, 0.05) is 25.1 Å². The monoisotopic (exact) mass is 294 g/mol. The largest absolute Gasteiger partial charge is 0.481 e. The number of nitrogens with one attached hydrogen (secondary N) is 2. The topological polar surface area (TPSA) is 71.9 Å². The van der Waals surface area contributed by atoms with Gasteiger partial charge in [-0.3, -0.25) is 4.79 Å². The molecule has 0 saturated heterocycles. The smallest absolute Gasteiger partial charge is 0.221 e. The van der Waals surface area contributed by atoms with Crippen molar-refractivity contribution in [3.63, 3.8) is 0 Å². The molecule has 2 rings (SSSR count). The van der Waals surface area contributed by atoms with Crippen LogP contribution in [0.5, 0.6) is 5.88 Å². The Bertz CT molecular complexity index is 675. The molecular formula is C13H18N4O2S. The molecular weight excluding hydrogens is 276 g/mol. The Morgan fingerprint density at radius 2 is 2.30 bits per heavy atom. The van der Waals surface area contributed by atoms with Crippen LogP contribution in [0.1, 0.15) is 20.3 Å². The summed E-state index contributed by atoms with van der Waals surface area (Å²) in [6.45, 7) is 4.35. The zero-order valence-electron chi connectivity index (χ0n) is 11.8. The molecule has 2 aromatic rings. The van der Waals surface area contributed by atoms with Gasteiger partial charge in [0.05, 0.1) is 12.6 Å². The van der Waals surface area contributed by atoms with Gasteiger partial charge in [0.1, 0.15) is 0 Å². The first kappa shape index (κ1) is 14.5. The Morgan fingerprint density at radius 3 is 2.95 bits per heavy atom. The third-order valence-electron chi connectivity index (χ3n) is 2.81. The normalized spacial score (nSPS) is 11.0. The van der Waals surface area contributed by atoms with E-state index in [2.05, 4.69) is 15.3 Å². The highest BCUT2D eigenvalue weighted by Crippen LogP contribution is 2.16. The number of aromatic nitrogens is 3. The third kappa shape index (κ3) is 3.16. The average Bonchev–Trinajstić information content (AvgIpc) is 2.70. The number of hydrogen-bond acceptors (Lipinski definition) is 4. The van der Waals surface area contributed by atoms with E-state index in [1.54, 1.807) is 13.2 Å². The Kier molecular flexibility index (Phi) is 4.39. The molecule has 0 spiro atoms. The van der Waals surface area contributed by atoms with E-state index in [0.717, 1.165) is 5.52 Å². The van der Waals surface area contributed by atoms with Crippen LogP contribution in [0.25, 0.3) is 11.2 Å². The molecule has 0 aliphatic heterocycles. The van der Waals surface area contributed by atoms with E-state index in [1.165, 1.54) is 0 Å². The maximum absolute atomic E-state index is 11.7. The number of imidazole rings is 1. The molecule has 1 amide bonds.